The molecule has 2 atom stereocenters. The van der Waals surface area contributed by atoms with Gasteiger partial charge >= 0.3 is 0 Å². The van der Waals surface area contributed by atoms with Gasteiger partial charge in [0.1, 0.15) is 23.0 Å². The molecule has 1 aliphatic heterocycles. The Balaban J connectivity index is 1.78. The topological polar surface area (TPSA) is 69.9 Å². The summed E-state index contributed by atoms with van der Waals surface area (Å²) in [6.07, 6.45) is 0. The minimum atomic E-state index is -0.171. The fraction of sp³-hybridized carbons (Fsp3) is 0.120. The summed E-state index contributed by atoms with van der Waals surface area (Å²) in [5.41, 5.74) is 2.77. The van der Waals surface area contributed by atoms with Crippen LogP contribution in [-0.4, -0.2) is 21.9 Å². The highest BCUT2D eigenvalue weighted by Crippen LogP contribution is 2.50. The Morgan fingerprint density at radius 1 is 0.759 bits per heavy atom. The largest absolute Gasteiger partial charge is 0.508 e. The quantitative estimate of drug-likeness (QED) is 0.441. The van der Waals surface area contributed by atoms with E-state index in [9.17, 15) is 15.3 Å². The lowest BCUT2D eigenvalue weighted by Gasteiger charge is -2.35. The summed E-state index contributed by atoms with van der Waals surface area (Å²) in [5.74, 6) is 0.975. The highest BCUT2D eigenvalue weighted by Gasteiger charge is 2.36. The number of fused-ring (bicyclic) bond motifs is 2. The summed E-state index contributed by atoms with van der Waals surface area (Å²) in [6, 6.07) is 23.9. The third-order valence-corrected chi connectivity index (χ3v) is 5.73. The monoisotopic (exact) mass is 384 g/mol. The van der Waals surface area contributed by atoms with Crippen LogP contribution in [0.15, 0.2) is 78.9 Å². The molecule has 0 saturated carbocycles. The first kappa shape index (κ1) is 17.4. The number of hydrogen-bond donors (Lipinski definition) is 3. The van der Waals surface area contributed by atoms with E-state index in [1.54, 1.807) is 30.3 Å². The first-order valence-corrected chi connectivity index (χ1v) is 9.57. The standard InChI is InChI=1S/C25H20O4/c26-17-8-5-16(6-9-17)21-14-29-23-13-18(27)10-11-20(23)24(21)25-19-4-2-1-3-15(19)7-12-22(25)28/h1-13,21,24,26-28H,14H2/t21-,24+/m1/s1. The fourth-order valence-electron chi connectivity index (χ4n) is 4.38. The summed E-state index contributed by atoms with van der Waals surface area (Å²) in [4.78, 5) is 0. The van der Waals surface area contributed by atoms with Crippen LogP contribution in [-0.2, 0) is 0 Å². The van der Waals surface area contributed by atoms with Crippen LogP contribution in [0.25, 0.3) is 10.8 Å². The van der Waals surface area contributed by atoms with Crippen LogP contribution < -0.4 is 4.74 Å². The van der Waals surface area contributed by atoms with E-state index in [0.29, 0.717) is 12.4 Å². The maximum absolute atomic E-state index is 10.9. The van der Waals surface area contributed by atoms with Gasteiger partial charge in [0.2, 0.25) is 0 Å². The summed E-state index contributed by atoms with van der Waals surface area (Å²) >= 11 is 0. The number of phenols is 3. The molecule has 4 heteroatoms. The fourth-order valence-corrected chi connectivity index (χ4v) is 4.38. The predicted molar refractivity (Wildman–Crippen MR) is 112 cm³/mol. The Morgan fingerprint density at radius 3 is 2.34 bits per heavy atom. The van der Waals surface area contributed by atoms with E-state index < -0.39 is 0 Å². The minimum Gasteiger partial charge on any atom is -0.508 e. The van der Waals surface area contributed by atoms with Gasteiger partial charge in [0.15, 0.2) is 0 Å². The Kier molecular flexibility index (Phi) is 4.06. The molecule has 0 spiro atoms. The van der Waals surface area contributed by atoms with Gasteiger partial charge in [0.05, 0.1) is 6.61 Å². The maximum atomic E-state index is 10.9. The molecule has 1 heterocycles. The Bertz CT molecular complexity index is 1200. The maximum Gasteiger partial charge on any atom is 0.126 e. The van der Waals surface area contributed by atoms with E-state index >= 15 is 0 Å². The van der Waals surface area contributed by atoms with Crippen molar-refractivity contribution in [3.05, 3.63) is 95.6 Å². The molecular formula is C25H20O4. The third kappa shape index (κ3) is 2.93. The van der Waals surface area contributed by atoms with Gasteiger partial charge in [-0.15, -0.1) is 0 Å². The molecule has 4 aromatic carbocycles. The van der Waals surface area contributed by atoms with Crippen molar-refractivity contribution < 1.29 is 20.1 Å². The van der Waals surface area contributed by atoms with Crippen LogP contribution in [0.4, 0.5) is 0 Å². The molecule has 4 nitrogen and oxygen atoms in total. The van der Waals surface area contributed by atoms with Crippen LogP contribution >= 0.6 is 0 Å². The van der Waals surface area contributed by atoms with E-state index in [1.165, 1.54) is 0 Å². The number of ether oxygens (including phenoxy) is 1. The summed E-state index contributed by atoms with van der Waals surface area (Å²) in [6.45, 7) is 0.397. The lowest BCUT2D eigenvalue weighted by atomic mass is 9.74. The number of rotatable bonds is 2. The van der Waals surface area contributed by atoms with Gasteiger partial charge in [-0.1, -0.05) is 48.5 Å². The lowest BCUT2D eigenvalue weighted by Crippen LogP contribution is -2.25. The average Bonchev–Trinajstić information content (AvgIpc) is 2.74. The molecule has 3 N–H and O–H groups in total. The highest BCUT2D eigenvalue weighted by molar-refractivity contribution is 5.89. The van der Waals surface area contributed by atoms with Gasteiger partial charge in [-0.3, -0.25) is 0 Å². The van der Waals surface area contributed by atoms with Crippen LogP contribution in [0.3, 0.4) is 0 Å². The normalized spacial score (nSPS) is 18.2. The van der Waals surface area contributed by atoms with Gasteiger partial charge in [0.25, 0.3) is 0 Å². The Labute approximate surface area is 168 Å². The summed E-state index contributed by atoms with van der Waals surface area (Å²) in [7, 11) is 0. The zero-order valence-corrected chi connectivity index (χ0v) is 15.6. The molecule has 5 rings (SSSR count). The molecule has 0 radical (unpaired) electrons. The van der Waals surface area contributed by atoms with E-state index in [2.05, 4.69) is 0 Å². The zero-order chi connectivity index (χ0) is 20.0. The van der Waals surface area contributed by atoms with Crippen molar-refractivity contribution >= 4 is 10.8 Å². The average molecular weight is 384 g/mol. The molecule has 1 aliphatic rings. The molecule has 0 fully saturated rings. The lowest BCUT2D eigenvalue weighted by molar-refractivity contribution is 0.246. The molecule has 0 unspecified atom stereocenters. The van der Waals surface area contributed by atoms with Gasteiger partial charge in [-0.2, -0.15) is 0 Å². The molecule has 0 aliphatic carbocycles. The first-order valence-electron chi connectivity index (χ1n) is 9.57. The number of phenolic OH excluding ortho intramolecular Hbond substituents is 3. The molecule has 0 bridgehead atoms. The zero-order valence-electron chi connectivity index (χ0n) is 15.6. The van der Waals surface area contributed by atoms with E-state index in [0.717, 1.165) is 27.5 Å². The molecule has 0 aromatic heterocycles. The van der Waals surface area contributed by atoms with Gasteiger partial charge in [0, 0.05) is 29.0 Å². The molecule has 29 heavy (non-hydrogen) atoms. The van der Waals surface area contributed by atoms with Crippen molar-refractivity contribution in [2.24, 2.45) is 0 Å². The molecule has 144 valence electrons. The molecule has 0 saturated heterocycles. The smallest absolute Gasteiger partial charge is 0.126 e. The molecule has 0 amide bonds. The van der Waals surface area contributed by atoms with E-state index in [4.69, 9.17) is 4.74 Å². The SMILES string of the molecule is Oc1ccc([C@H]2COc3cc(O)ccc3[C@@H]2c2c(O)ccc3ccccc23)cc1. The first-order chi connectivity index (χ1) is 14.1. The van der Waals surface area contributed by atoms with E-state index in [1.807, 2.05) is 48.5 Å². The van der Waals surface area contributed by atoms with Crippen LogP contribution in [0.5, 0.6) is 23.0 Å². The highest BCUT2D eigenvalue weighted by atomic mass is 16.5. The third-order valence-electron chi connectivity index (χ3n) is 5.73. The van der Waals surface area contributed by atoms with E-state index in [-0.39, 0.29) is 29.1 Å². The minimum absolute atomic E-state index is 0.0654. The Hall–Kier alpha value is -3.66. The van der Waals surface area contributed by atoms with Crippen molar-refractivity contribution in [2.45, 2.75) is 11.8 Å². The molecular weight excluding hydrogens is 364 g/mol. The number of benzene rings is 4. The number of hydrogen-bond acceptors (Lipinski definition) is 4. The van der Waals surface area contributed by atoms with Gasteiger partial charge in [-0.25, -0.2) is 0 Å². The predicted octanol–water partition coefficient (Wildman–Crippen LogP) is 5.26. The molecule has 4 aromatic rings. The van der Waals surface area contributed by atoms with Crippen LogP contribution in [0.1, 0.15) is 28.5 Å². The second-order valence-corrected chi connectivity index (χ2v) is 7.43. The van der Waals surface area contributed by atoms with Crippen molar-refractivity contribution in [2.75, 3.05) is 6.61 Å². The number of aromatic hydroxyl groups is 3. The second-order valence-electron chi connectivity index (χ2n) is 7.43. The second kappa shape index (κ2) is 6.74. The van der Waals surface area contributed by atoms with Crippen molar-refractivity contribution in [1.82, 2.24) is 0 Å². The van der Waals surface area contributed by atoms with Gasteiger partial charge < -0.3 is 20.1 Å². The van der Waals surface area contributed by atoms with Crippen molar-refractivity contribution in [3.63, 3.8) is 0 Å². The summed E-state index contributed by atoms with van der Waals surface area (Å²) in [5, 5.41) is 32.6. The van der Waals surface area contributed by atoms with Crippen LogP contribution in [0.2, 0.25) is 0 Å². The summed E-state index contributed by atoms with van der Waals surface area (Å²) < 4.78 is 6.00. The van der Waals surface area contributed by atoms with Crippen molar-refractivity contribution in [1.29, 1.82) is 0 Å². The van der Waals surface area contributed by atoms with Gasteiger partial charge in [-0.05, 0) is 40.6 Å². The Morgan fingerprint density at radius 2 is 1.52 bits per heavy atom. The van der Waals surface area contributed by atoms with Crippen LogP contribution in [0, 0.1) is 0 Å². The van der Waals surface area contributed by atoms with Crippen molar-refractivity contribution in [3.8, 4) is 23.0 Å².